The molecule has 0 bridgehead atoms. The predicted molar refractivity (Wildman–Crippen MR) is 127 cm³/mol. The number of thioether (sulfide) groups is 2. The first-order valence-corrected chi connectivity index (χ1v) is 12.7. The molecule has 0 saturated carbocycles. The monoisotopic (exact) mass is 474 g/mol. The Kier molecular flexibility index (Phi) is 6.99. The Morgan fingerprint density at radius 2 is 2.16 bits per heavy atom. The molecule has 1 aliphatic heterocycles. The highest BCUT2D eigenvalue weighted by Crippen LogP contribution is 2.31. The second kappa shape index (κ2) is 9.90. The Morgan fingerprint density at radius 1 is 1.31 bits per heavy atom. The lowest BCUT2D eigenvalue weighted by Gasteiger charge is -2.13. The number of carbonyl (C=O) groups is 1. The van der Waals surface area contributed by atoms with Crippen LogP contribution in [0.25, 0.3) is 11.0 Å². The molecule has 170 valence electrons. The maximum Gasteiger partial charge on any atom is 0.257 e. The van der Waals surface area contributed by atoms with E-state index in [2.05, 4.69) is 37.6 Å². The number of rotatable bonds is 9. The Morgan fingerprint density at radius 3 is 2.94 bits per heavy atom. The summed E-state index contributed by atoms with van der Waals surface area (Å²) >= 11 is 2.99. The molecule has 3 aromatic rings. The van der Waals surface area contributed by atoms with E-state index in [0.717, 1.165) is 29.8 Å². The van der Waals surface area contributed by atoms with Gasteiger partial charge in [0.05, 0.1) is 24.2 Å². The van der Waals surface area contributed by atoms with Crippen LogP contribution in [0, 0.1) is 6.92 Å². The number of hydrogen-bond acceptors (Lipinski definition) is 9. The smallest absolute Gasteiger partial charge is 0.257 e. The van der Waals surface area contributed by atoms with Crippen molar-refractivity contribution in [1.29, 1.82) is 0 Å². The molecule has 32 heavy (non-hydrogen) atoms. The molecule has 12 heteroatoms. The van der Waals surface area contributed by atoms with Gasteiger partial charge < -0.3 is 10.6 Å². The average Bonchev–Trinajstić information content (AvgIpc) is 3.39. The van der Waals surface area contributed by atoms with E-state index in [1.54, 1.807) is 28.6 Å². The molecule has 4 heterocycles. The minimum absolute atomic E-state index is 0.0717. The minimum Gasteiger partial charge on any atom is -0.369 e. The topological polar surface area (TPSA) is 120 Å². The molecule has 4 rings (SSSR count). The van der Waals surface area contributed by atoms with E-state index in [1.807, 2.05) is 6.26 Å². The average molecular weight is 475 g/mol. The Balaban J connectivity index is 1.40. The van der Waals surface area contributed by atoms with Gasteiger partial charge in [0.2, 0.25) is 5.91 Å². The SMILES string of the molecule is CCCNc1nc(SC)nc2c1cnn2CCNC(=O)CC1CSc2ncc(C)c(=O)n21. The third-order valence-corrected chi connectivity index (χ3v) is 6.83. The Labute approximate surface area is 194 Å². The van der Waals surface area contributed by atoms with Gasteiger partial charge in [-0.15, -0.1) is 0 Å². The molecule has 0 aromatic carbocycles. The van der Waals surface area contributed by atoms with Gasteiger partial charge in [-0.05, 0) is 19.6 Å². The zero-order valence-corrected chi connectivity index (χ0v) is 19.9. The van der Waals surface area contributed by atoms with Crippen molar-refractivity contribution in [3.05, 3.63) is 28.3 Å². The second-order valence-corrected chi connectivity index (χ2v) is 9.27. The number of nitrogens with one attached hydrogen (secondary N) is 2. The van der Waals surface area contributed by atoms with Crippen molar-refractivity contribution in [2.24, 2.45) is 0 Å². The normalized spacial score (nSPS) is 15.2. The summed E-state index contributed by atoms with van der Waals surface area (Å²) in [4.78, 5) is 38.4. The van der Waals surface area contributed by atoms with Gasteiger partial charge in [0, 0.05) is 37.0 Å². The largest absolute Gasteiger partial charge is 0.369 e. The molecule has 1 aliphatic rings. The van der Waals surface area contributed by atoms with Crippen molar-refractivity contribution in [3.63, 3.8) is 0 Å². The van der Waals surface area contributed by atoms with E-state index in [1.165, 1.54) is 23.5 Å². The summed E-state index contributed by atoms with van der Waals surface area (Å²) in [6.45, 7) is 5.57. The summed E-state index contributed by atoms with van der Waals surface area (Å²) in [5, 5.41) is 12.9. The summed E-state index contributed by atoms with van der Waals surface area (Å²) in [7, 11) is 0. The number of amides is 1. The minimum atomic E-state index is -0.176. The van der Waals surface area contributed by atoms with Crippen molar-refractivity contribution in [2.45, 2.75) is 49.6 Å². The molecule has 1 unspecified atom stereocenters. The Bertz CT molecular complexity index is 1190. The van der Waals surface area contributed by atoms with Crippen LogP contribution in [0.3, 0.4) is 0 Å². The van der Waals surface area contributed by atoms with Crippen LogP contribution in [-0.2, 0) is 11.3 Å². The first kappa shape index (κ1) is 22.6. The molecular weight excluding hydrogens is 448 g/mol. The molecule has 0 fully saturated rings. The molecule has 0 radical (unpaired) electrons. The maximum absolute atomic E-state index is 12.5. The first-order valence-electron chi connectivity index (χ1n) is 10.5. The summed E-state index contributed by atoms with van der Waals surface area (Å²) in [6, 6.07) is -0.176. The van der Waals surface area contributed by atoms with Gasteiger partial charge in [-0.1, -0.05) is 30.4 Å². The van der Waals surface area contributed by atoms with Gasteiger partial charge in [0.15, 0.2) is 16.0 Å². The van der Waals surface area contributed by atoms with E-state index in [4.69, 9.17) is 0 Å². The van der Waals surface area contributed by atoms with Gasteiger partial charge in [-0.25, -0.2) is 19.6 Å². The second-order valence-electron chi connectivity index (χ2n) is 7.51. The fourth-order valence-corrected chi connectivity index (χ4v) is 4.99. The van der Waals surface area contributed by atoms with Crippen molar-refractivity contribution in [3.8, 4) is 0 Å². The first-order chi connectivity index (χ1) is 15.5. The predicted octanol–water partition coefficient (Wildman–Crippen LogP) is 2.09. The fraction of sp³-hybridized carbons (Fsp3) is 0.500. The number of nitrogens with zero attached hydrogens (tertiary/aromatic N) is 6. The lowest BCUT2D eigenvalue weighted by molar-refractivity contribution is -0.121. The van der Waals surface area contributed by atoms with Crippen LogP contribution in [0.4, 0.5) is 5.82 Å². The van der Waals surface area contributed by atoms with Crippen molar-refractivity contribution in [1.82, 2.24) is 34.6 Å². The van der Waals surface area contributed by atoms with Gasteiger partial charge in [0.25, 0.3) is 5.56 Å². The van der Waals surface area contributed by atoms with Crippen LogP contribution in [0.5, 0.6) is 0 Å². The molecular formula is C20H26N8O2S2. The molecule has 1 atom stereocenters. The highest BCUT2D eigenvalue weighted by atomic mass is 32.2. The van der Waals surface area contributed by atoms with Crippen LogP contribution in [0.1, 0.15) is 31.4 Å². The van der Waals surface area contributed by atoms with Crippen LogP contribution >= 0.6 is 23.5 Å². The summed E-state index contributed by atoms with van der Waals surface area (Å²) in [6.07, 6.45) is 6.52. The van der Waals surface area contributed by atoms with E-state index in [9.17, 15) is 9.59 Å². The highest BCUT2D eigenvalue weighted by molar-refractivity contribution is 7.99. The lowest BCUT2D eigenvalue weighted by Crippen LogP contribution is -2.32. The van der Waals surface area contributed by atoms with Crippen molar-refractivity contribution < 1.29 is 4.79 Å². The van der Waals surface area contributed by atoms with Crippen molar-refractivity contribution >= 4 is 46.3 Å². The quantitative estimate of drug-likeness (QED) is 0.355. The van der Waals surface area contributed by atoms with Crippen LogP contribution in [0.2, 0.25) is 0 Å². The number of aryl methyl sites for hydroxylation is 1. The molecule has 0 spiro atoms. The lowest BCUT2D eigenvalue weighted by atomic mass is 10.2. The number of carbonyl (C=O) groups excluding carboxylic acids is 1. The summed E-state index contributed by atoms with van der Waals surface area (Å²) in [5.41, 5.74) is 1.26. The third kappa shape index (κ3) is 4.60. The number of aromatic nitrogens is 6. The van der Waals surface area contributed by atoms with E-state index >= 15 is 0 Å². The number of fused-ring (bicyclic) bond motifs is 2. The zero-order valence-electron chi connectivity index (χ0n) is 18.3. The molecule has 0 saturated heterocycles. The fourth-order valence-electron chi connectivity index (χ4n) is 3.53. The summed E-state index contributed by atoms with van der Waals surface area (Å²) < 4.78 is 3.43. The van der Waals surface area contributed by atoms with Gasteiger partial charge >= 0.3 is 0 Å². The number of anilines is 1. The van der Waals surface area contributed by atoms with E-state index in [-0.39, 0.29) is 23.9 Å². The van der Waals surface area contributed by atoms with E-state index < -0.39 is 0 Å². The third-order valence-electron chi connectivity index (χ3n) is 5.17. The van der Waals surface area contributed by atoms with Crippen molar-refractivity contribution in [2.75, 3.05) is 30.4 Å². The molecule has 3 aromatic heterocycles. The maximum atomic E-state index is 12.5. The highest BCUT2D eigenvalue weighted by Gasteiger charge is 2.27. The molecule has 0 aliphatic carbocycles. The zero-order chi connectivity index (χ0) is 22.7. The Hall–Kier alpha value is -2.60. The molecule has 2 N–H and O–H groups in total. The number of hydrogen-bond donors (Lipinski definition) is 2. The molecule has 10 nitrogen and oxygen atoms in total. The van der Waals surface area contributed by atoms with Crippen LogP contribution in [0.15, 0.2) is 27.5 Å². The van der Waals surface area contributed by atoms with Gasteiger partial charge in [-0.3, -0.25) is 14.2 Å². The summed E-state index contributed by atoms with van der Waals surface area (Å²) in [5.74, 6) is 1.35. The van der Waals surface area contributed by atoms with Gasteiger partial charge in [-0.2, -0.15) is 5.10 Å². The van der Waals surface area contributed by atoms with E-state index in [0.29, 0.717) is 34.7 Å². The standard InChI is InChI=1S/C20H26N8O2S2/c1-4-5-22-16-14-10-24-27(17(14)26-19(25-16)31-3)7-6-21-15(29)8-13-11-32-20-23-9-12(2)18(30)28(13)20/h9-10,13H,4-8,11H2,1-3H3,(H,21,29)(H,22,25,26). The molecule has 1 amide bonds. The van der Waals surface area contributed by atoms with Gasteiger partial charge in [0.1, 0.15) is 5.82 Å². The van der Waals surface area contributed by atoms with Crippen LogP contribution < -0.4 is 16.2 Å². The van der Waals surface area contributed by atoms with Crippen LogP contribution in [-0.4, -0.2) is 60.3 Å².